The zero-order valence-corrected chi connectivity index (χ0v) is 17.3. The summed E-state index contributed by atoms with van der Waals surface area (Å²) in [5.74, 6) is -0.0497. The third kappa shape index (κ3) is 3.32. The fraction of sp³-hybridized carbons (Fsp3) is 0.278. The molecule has 3 rings (SSSR count). The lowest BCUT2D eigenvalue weighted by molar-refractivity contribution is 0.0988. The molecule has 0 unspecified atom stereocenters. The molecule has 0 N–H and O–H groups in total. The molecule has 2 aromatic carbocycles. The second-order valence-corrected chi connectivity index (χ2v) is 9.58. The van der Waals surface area contributed by atoms with Gasteiger partial charge < -0.3 is 4.90 Å². The number of carbonyl (C=O) groups excluding carboxylic acids is 1. The fourth-order valence-electron chi connectivity index (χ4n) is 2.90. The number of amides is 1. The van der Waals surface area contributed by atoms with Gasteiger partial charge in [0.1, 0.15) is 0 Å². The number of halogens is 1. The van der Waals surface area contributed by atoms with Gasteiger partial charge in [0.15, 0.2) is 0 Å². The van der Waals surface area contributed by atoms with Crippen LogP contribution in [0.2, 0.25) is 0 Å². The smallest absolute Gasteiger partial charge is 0.259 e. The fourth-order valence-corrected chi connectivity index (χ4v) is 4.75. The summed E-state index contributed by atoms with van der Waals surface area (Å²) >= 11 is 2.18. The number of benzene rings is 2. The number of rotatable bonds is 3. The summed E-state index contributed by atoms with van der Waals surface area (Å²) in [5.41, 5.74) is 3.46. The maximum atomic E-state index is 12.9. The van der Waals surface area contributed by atoms with Gasteiger partial charge in [-0.25, -0.2) is 12.7 Å². The summed E-state index contributed by atoms with van der Waals surface area (Å²) in [4.78, 5) is 14.9. The molecule has 0 atom stereocenters. The van der Waals surface area contributed by atoms with E-state index in [1.807, 2.05) is 25.1 Å². The monoisotopic (exact) mass is 470 g/mol. The van der Waals surface area contributed by atoms with Gasteiger partial charge in [0.05, 0.1) is 10.5 Å². The molecule has 0 aromatic heterocycles. The summed E-state index contributed by atoms with van der Waals surface area (Å²) in [6.45, 7) is 2.55. The Labute approximate surface area is 161 Å². The van der Waals surface area contributed by atoms with Gasteiger partial charge in [0.2, 0.25) is 10.0 Å². The molecule has 1 heterocycles. The predicted molar refractivity (Wildman–Crippen MR) is 107 cm³/mol. The Balaban J connectivity index is 1.96. The summed E-state index contributed by atoms with van der Waals surface area (Å²) < 4.78 is 26.7. The predicted octanol–water partition coefficient (Wildman–Crippen LogP) is 3.05. The molecule has 0 saturated carbocycles. The number of hydrogen-bond acceptors (Lipinski definition) is 3. The Morgan fingerprint density at radius 2 is 1.88 bits per heavy atom. The number of anilines is 1. The van der Waals surface area contributed by atoms with E-state index in [1.54, 1.807) is 23.1 Å². The van der Waals surface area contributed by atoms with Crippen LogP contribution in [0.15, 0.2) is 41.3 Å². The molecule has 0 bridgehead atoms. The molecule has 0 radical (unpaired) electrons. The lowest BCUT2D eigenvalue weighted by Crippen LogP contribution is -2.29. The minimum Gasteiger partial charge on any atom is -0.308 e. The van der Waals surface area contributed by atoms with Gasteiger partial charge in [-0.2, -0.15) is 0 Å². The summed E-state index contributed by atoms with van der Waals surface area (Å²) in [7, 11) is -0.448. The maximum Gasteiger partial charge on any atom is 0.259 e. The Morgan fingerprint density at radius 1 is 1.16 bits per heavy atom. The molecule has 0 fully saturated rings. The lowest BCUT2D eigenvalue weighted by atomic mass is 10.1. The number of aryl methyl sites for hydroxylation is 1. The van der Waals surface area contributed by atoms with E-state index in [-0.39, 0.29) is 10.8 Å². The Morgan fingerprint density at radius 3 is 2.52 bits per heavy atom. The molecule has 1 aliphatic rings. The van der Waals surface area contributed by atoms with E-state index in [1.165, 1.54) is 18.4 Å². The van der Waals surface area contributed by atoms with Gasteiger partial charge in [-0.3, -0.25) is 4.79 Å². The molecular weight excluding hydrogens is 451 g/mol. The summed E-state index contributed by atoms with van der Waals surface area (Å²) in [5, 5.41) is 0. The molecule has 7 heteroatoms. The van der Waals surface area contributed by atoms with Crippen molar-refractivity contribution in [2.75, 3.05) is 25.5 Å². The van der Waals surface area contributed by atoms with Gasteiger partial charge >= 0.3 is 0 Å². The van der Waals surface area contributed by atoms with Crippen molar-refractivity contribution in [3.8, 4) is 0 Å². The number of nitrogens with zero attached hydrogens (tertiary/aromatic N) is 2. The first-order valence-corrected chi connectivity index (χ1v) is 10.4. The van der Waals surface area contributed by atoms with Crippen molar-refractivity contribution in [1.29, 1.82) is 0 Å². The molecular formula is C18H19IN2O3S. The average Bonchev–Trinajstić information content (AvgIpc) is 2.97. The van der Waals surface area contributed by atoms with Crippen molar-refractivity contribution in [2.45, 2.75) is 18.2 Å². The van der Waals surface area contributed by atoms with E-state index >= 15 is 0 Å². The second kappa shape index (κ2) is 6.69. The van der Waals surface area contributed by atoms with E-state index in [2.05, 4.69) is 22.6 Å². The SMILES string of the molecule is Cc1ccc(C(=O)N2CCc3cc(S(=O)(=O)N(C)C)ccc32)c(I)c1. The first-order valence-electron chi connectivity index (χ1n) is 7.85. The van der Waals surface area contributed by atoms with E-state index in [4.69, 9.17) is 0 Å². The Bertz CT molecular complexity index is 955. The molecule has 25 heavy (non-hydrogen) atoms. The van der Waals surface area contributed by atoms with Crippen molar-refractivity contribution in [3.05, 3.63) is 56.7 Å². The summed E-state index contributed by atoms with van der Waals surface area (Å²) in [6, 6.07) is 10.7. The molecule has 1 aliphatic heterocycles. The van der Waals surface area contributed by atoms with Crippen LogP contribution in [-0.4, -0.2) is 39.3 Å². The normalized spacial score (nSPS) is 14.0. The number of sulfonamides is 1. The van der Waals surface area contributed by atoms with Gasteiger partial charge in [0, 0.05) is 29.9 Å². The highest BCUT2D eigenvalue weighted by Gasteiger charge is 2.28. The first kappa shape index (κ1) is 18.3. The molecule has 0 aliphatic carbocycles. The van der Waals surface area contributed by atoms with Gasteiger partial charge in [-0.15, -0.1) is 0 Å². The van der Waals surface area contributed by atoms with Gasteiger partial charge in [0.25, 0.3) is 5.91 Å². The quantitative estimate of drug-likeness (QED) is 0.649. The van der Waals surface area contributed by atoms with Crippen molar-refractivity contribution >= 4 is 44.2 Å². The van der Waals surface area contributed by atoms with Gasteiger partial charge in [-0.05, 0) is 71.8 Å². The van der Waals surface area contributed by atoms with Crippen molar-refractivity contribution in [3.63, 3.8) is 0 Å². The second-order valence-electron chi connectivity index (χ2n) is 6.27. The first-order chi connectivity index (χ1) is 11.7. The number of carbonyl (C=O) groups is 1. The largest absolute Gasteiger partial charge is 0.308 e. The van der Waals surface area contributed by atoms with Crippen LogP contribution in [0.1, 0.15) is 21.5 Å². The summed E-state index contributed by atoms with van der Waals surface area (Å²) in [6.07, 6.45) is 0.653. The van der Waals surface area contributed by atoms with Crippen LogP contribution in [0, 0.1) is 10.5 Å². The van der Waals surface area contributed by atoms with Crippen LogP contribution < -0.4 is 4.90 Å². The van der Waals surface area contributed by atoms with Crippen molar-refractivity contribution < 1.29 is 13.2 Å². The third-order valence-corrected chi connectivity index (χ3v) is 7.03. The highest BCUT2D eigenvalue weighted by atomic mass is 127. The molecule has 2 aromatic rings. The zero-order valence-electron chi connectivity index (χ0n) is 14.3. The average molecular weight is 470 g/mol. The van der Waals surface area contributed by atoms with Crippen LogP contribution in [0.4, 0.5) is 5.69 Å². The van der Waals surface area contributed by atoms with Crippen molar-refractivity contribution in [2.24, 2.45) is 0 Å². The highest BCUT2D eigenvalue weighted by molar-refractivity contribution is 14.1. The van der Waals surface area contributed by atoms with Crippen LogP contribution in [-0.2, 0) is 16.4 Å². The molecule has 132 valence electrons. The molecule has 1 amide bonds. The molecule has 0 spiro atoms. The van der Waals surface area contributed by atoms with Crippen LogP contribution in [0.5, 0.6) is 0 Å². The van der Waals surface area contributed by atoms with Crippen LogP contribution in [0.25, 0.3) is 0 Å². The number of fused-ring (bicyclic) bond motifs is 1. The van der Waals surface area contributed by atoms with Crippen molar-refractivity contribution in [1.82, 2.24) is 4.31 Å². The Hall–Kier alpha value is -1.45. The topological polar surface area (TPSA) is 57.7 Å². The van der Waals surface area contributed by atoms with Gasteiger partial charge in [-0.1, -0.05) is 11.6 Å². The standard InChI is InChI=1S/C18H19IN2O3S/c1-12-4-6-15(16(19)10-12)18(22)21-9-8-13-11-14(5-7-17(13)21)25(23,24)20(2)3/h4-7,10-11H,8-9H2,1-3H3. The zero-order chi connectivity index (χ0) is 18.4. The minimum absolute atomic E-state index is 0.0497. The van der Waals surface area contributed by atoms with E-state index in [0.29, 0.717) is 18.5 Å². The third-order valence-electron chi connectivity index (χ3n) is 4.33. The Kier molecular flexibility index (Phi) is 4.91. The maximum absolute atomic E-state index is 12.9. The van der Waals surface area contributed by atoms with E-state index in [0.717, 1.165) is 20.4 Å². The highest BCUT2D eigenvalue weighted by Crippen LogP contribution is 2.32. The van der Waals surface area contributed by atoms with Crippen LogP contribution >= 0.6 is 22.6 Å². The minimum atomic E-state index is -3.47. The molecule has 0 saturated heterocycles. The van der Waals surface area contributed by atoms with E-state index < -0.39 is 10.0 Å². The van der Waals surface area contributed by atoms with E-state index in [9.17, 15) is 13.2 Å². The lowest BCUT2D eigenvalue weighted by Gasteiger charge is -2.19. The number of hydrogen-bond donors (Lipinski definition) is 0. The van der Waals surface area contributed by atoms with Crippen LogP contribution in [0.3, 0.4) is 0 Å². The molecule has 5 nitrogen and oxygen atoms in total.